The minimum atomic E-state index is -3.12. The number of hydrogen-bond acceptors (Lipinski definition) is 1. The van der Waals surface area contributed by atoms with Crippen LogP contribution in [-0.2, 0) is 0 Å². The third-order valence-electron chi connectivity index (χ3n) is 1.48. The molecule has 0 aliphatic heterocycles. The molecule has 7 heteroatoms. The lowest BCUT2D eigenvalue weighted by atomic mass is 10.1. The summed E-state index contributed by atoms with van der Waals surface area (Å²) >= 11 is 5.28. The smallest absolute Gasteiger partial charge is 0.273 e. The average molecular weight is 266 g/mol. The third-order valence-corrected chi connectivity index (χ3v) is 1.77. The minimum absolute atomic E-state index is 0. The van der Waals surface area contributed by atoms with E-state index in [1.54, 1.807) is 0 Å². The summed E-state index contributed by atoms with van der Waals surface area (Å²) in [7, 11) is 0. The van der Waals surface area contributed by atoms with E-state index in [4.69, 9.17) is 11.6 Å². The van der Waals surface area contributed by atoms with E-state index in [9.17, 15) is 17.6 Å². The summed E-state index contributed by atoms with van der Waals surface area (Å²) in [5.41, 5.74) is -0.318. The van der Waals surface area contributed by atoms with Crippen LogP contribution in [0.3, 0.4) is 0 Å². The molecule has 0 bridgehead atoms. The van der Waals surface area contributed by atoms with Gasteiger partial charge in [0, 0.05) is 0 Å². The molecule has 88 valence electrons. The molecule has 1 atom stereocenters. The predicted molar refractivity (Wildman–Crippen MR) is 53.5 cm³/mol. The van der Waals surface area contributed by atoms with Crippen LogP contribution in [0.4, 0.5) is 17.6 Å². The van der Waals surface area contributed by atoms with Gasteiger partial charge in [0.1, 0.15) is 5.82 Å². The Hall–Kier alpha value is -0.520. The molecule has 0 aliphatic rings. The largest absolute Gasteiger partial charge is 0.344 e. The van der Waals surface area contributed by atoms with Crippen molar-refractivity contribution >= 4 is 24.0 Å². The molecule has 1 aromatic rings. The Morgan fingerprint density at radius 2 is 1.67 bits per heavy atom. The van der Waals surface area contributed by atoms with Gasteiger partial charge in [-0.1, -0.05) is 17.7 Å². The van der Waals surface area contributed by atoms with Gasteiger partial charge < -0.3 is 6.15 Å². The first kappa shape index (κ1) is 16.9. The zero-order valence-corrected chi connectivity index (χ0v) is 8.96. The van der Waals surface area contributed by atoms with Crippen molar-refractivity contribution in [3.8, 4) is 0 Å². The van der Waals surface area contributed by atoms with Crippen LogP contribution in [0.1, 0.15) is 11.7 Å². The molecule has 0 heterocycles. The average Bonchev–Trinajstić information content (AvgIpc) is 2.08. The molecule has 1 rings (SSSR count). The van der Waals surface area contributed by atoms with E-state index < -0.39 is 18.4 Å². The monoisotopic (exact) mass is 265 g/mol. The number of hydrogen-bond donors (Lipinski definition) is 1. The zero-order chi connectivity index (χ0) is 10.0. The summed E-state index contributed by atoms with van der Waals surface area (Å²) in [4.78, 5) is 0. The Labute approximate surface area is 95.4 Å². The van der Waals surface area contributed by atoms with Gasteiger partial charge in [0.25, 0.3) is 6.43 Å². The predicted octanol–water partition coefficient (Wildman–Crippen LogP) is 4.34. The van der Waals surface area contributed by atoms with Crippen molar-refractivity contribution in [1.29, 1.82) is 0 Å². The third kappa shape index (κ3) is 4.24. The highest BCUT2D eigenvalue weighted by Crippen LogP contribution is 2.27. The van der Waals surface area contributed by atoms with E-state index in [-0.39, 0.29) is 29.1 Å². The van der Waals surface area contributed by atoms with Crippen molar-refractivity contribution in [1.82, 2.24) is 6.15 Å². The van der Waals surface area contributed by atoms with Crippen molar-refractivity contribution in [3.63, 3.8) is 0 Å². The SMILES string of the molecule is Cl.Fc1ccc(C(F)C(F)F)cc1Cl.N. The summed E-state index contributed by atoms with van der Waals surface area (Å²) in [6.07, 6.45) is -5.54. The molecular weight excluding hydrogens is 257 g/mol. The molecule has 0 aromatic heterocycles. The van der Waals surface area contributed by atoms with Crippen molar-refractivity contribution < 1.29 is 17.6 Å². The molecule has 15 heavy (non-hydrogen) atoms. The van der Waals surface area contributed by atoms with Crippen molar-refractivity contribution in [2.24, 2.45) is 0 Å². The Morgan fingerprint density at radius 3 is 2.07 bits per heavy atom. The number of benzene rings is 1. The molecule has 0 fully saturated rings. The fourth-order valence-electron chi connectivity index (χ4n) is 0.829. The van der Waals surface area contributed by atoms with Crippen LogP contribution in [0, 0.1) is 5.82 Å². The van der Waals surface area contributed by atoms with Gasteiger partial charge in [0.15, 0.2) is 6.17 Å². The van der Waals surface area contributed by atoms with E-state index in [1.807, 2.05) is 0 Å². The maximum Gasteiger partial charge on any atom is 0.273 e. The quantitative estimate of drug-likeness (QED) is 0.794. The van der Waals surface area contributed by atoms with E-state index >= 15 is 0 Å². The second kappa shape index (κ2) is 6.87. The normalized spacial score (nSPS) is 11.6. The lowest BCUT2D eigenvalue weighted by molar-refractivity contribution is 0.0495. The van der Waals surface area contributed by atoms with Gasteiger partial charge in [-0.05, 0) is 17.7 Å². The molecule has 1 nitrogen and oxygen atoms in total. The molecule has 1 aromatic carbocycles. The molecular formula is C8H9Cl2F4N. The van der Waals surface area contributed by atoms with Gasteiger partial charge >= 0.3 is 0 Å². The first-order valence-electron chi connectivity index (χ1n) is 3.39. The van der Waals surface area contributed by atoms with Crippen LogP contribution >= 0.6 is 24.0 Å². The van der Waals surface area contributed by atoms with E-state index in [2.05, 4.69) is 0 Å². The highest BCUT2D eigenvalue weighted by molar-refractivity contribution is 6.30. The van der Waals surface area contributed by atoms with Crippen molar-refractivity contribution in [2.45, 2.75) is 12.6 Å². The second-order valence-corrected chi connectivity index (χ2v) is 2.82. The molecule has 0 radical (unpaired) electrons. The fraction of sp³-hybridized carbons (Fsp3) is 0.250. The number of halogens is 6. The topological polar surface area (TPSA) is 35.0 Å². The van der Waals surface area contributed by atoms with Gasteiger partial charge in [-0.25, -0.2) is 17.6 Å². The summed E-state index contributed by atoms with van der Waals surface area (Å²) < 4.78 is 48.8. The Morgan fingerprint density at radius 1 is 1.13 bits per heavy atom. The van der Waals surface area contributed by atoms with Crippen LogP contribution in [0.15, 0.2) is 18.2 Å². The summed E-state index contributed by atoms with van der Waals surface area (Å²) in [5, 5.41) is -0.360. The maximum atomic E-state index is 12.6. The lowest BCUT2D eigenvalue weighted by Gasteiger charge is -2.07. The zero-order valence-electron chi connectivity index (χ0n) is 7.39. The van der Waals surface area contributed by atoms with Crippen molar-refractivity contribution in [3.05, 3.63) is 34.6 Å². The molecule has 0 aliphatic carbocycles. The van der Waals surface area contributed by atoms with Gasteiger partial charge in [0.2, 0.25) is 0 Å². The standard InChI is InChI=1S/C8H5ClF4.ClH.H3N/c9-5-3-4(1-2-6(5)10)7(11)8(12)13;;/h1-3,7-8H;1H;1H3. The van der Waals surface area contributed by atoms with Crippen LogP contribution in [0.2, 0.25) is 5.02 Å². The molecule has 0 saturated heterocycles. The van der Waals surface area contributed by atoms with Crippen LogP contribution in [0.5, 0.6) is 0 Å². The molecule has 0 spiro atoms. The fourth-order valence-corrected chi connectivity index (χ4v) is 1.02. The second-order valence-electron chi connectivity index (χ2n) is 2.41. The minimum Gasteiger partial charge on any atom is -0.344 e. The highest BCUT2D eigenvalue weighted by Gasteiger charge is 2.21. The molecule has 0 saturated carbocycles. The molecule has 1 unspecified atom stereocenters. The Kier molecular flexibility index (Phi) is 7.74. The first-order valence-corrected chi connectivity index (χ1v) is 3.77. The van der Waals surface area contributed by atoms with Gasteiger partial charge in [-0.15, -0.1) is 12.4 Å². The van der Waals surface area contributed by atoms with E-state index in [0.717, 1.165) is 18.2 Å². The Balaban J connectivity index is 0. The summed E-state index contributed by atoms with van der Waals surface area (Å²) in [6.45, 7) is 0. The Bertz CT molecular complexity index is 309. The van der Waals surface area contributed by atoms with Crippen LogP contribution in [0.25, 0.3) is 0 Å². The number of rotatable bonds is 2. The summed E-state index contributed by atoms with van der Waals surface area (Å²) in [6, 6.07) is 2.65. The van der Waals surface area contributed by atoms with Gasteiger partial charge in [0.05, 0.1) is 5.02 Å². The number of alkyl halides is 3. The first-order chi connectivity index (χ1) is 6.02. The molecule has 3 N–H and O–H groups in total. The van der Waals surface area contributed by atoms with E-state index in [1.165, 1.54) is 0 Å². The lowest BCUT2D eigenvalue weighted by Crippen LogP contribution is -2.03. The van der Waals surface area contributed by atoms with Gasteiger partial charge in [-0.2, -0.15) is 0 Å². The summed E-state index contributed by atoms with van der Waals surface area (Å²) in [5.74, 6) is -0.758. The molecule has 0 amide bonds. The van der Waals surface area contributed by atoms with Gasteiger partial charge in [-0.3, -0.25) is 0 Å². The van der Waals surface area contributed by atoms with E-state index in [0.29, 0.717) is 0 Å². The van der Waals surface area contributed by atoms with Crippen molar-refractivity contribution in [2.75, 3.05) is 0 Å². The maximum absolute atomic E-state index is 12.6. The highest BCUT2D eigenvalue weighted by atomic mass is 35.5. The van der Waals surface area contributed by atoms with Crippen LogP contribution in [-0.4, -0.2) is 6.43 Å². The van der Waals surface area contributed by atoms with Crippen LogP contribution < -0.4 is 6.15 Å².